The molecule has 0 aliphatic carbocycles. The van der Waals surface area contributed by atoms with Crippen molar-refractivity contribution in [1.82, 2.24) is 0 Å². The molecule has 8 nitrogen and oxygen atoms in total. The molecular weight excluding hydrogens is 296 g/mol. The number of ether oxygens (including phenoxy) is 1. The van der Waals surface area contributed by atoms with Gasteiger partial charge in [0.1, 0.15) is 12.2 Å². The summed E-state index contributed by atoms with van der Waals surface area (Å²) in [7, 11) is 0. The maximum Gasteiger partial charge on any atom is 0.313 e. The summed E-state index contributed by atoms with van der Waals surface area (Å²) in [6.07, 6.45) is -4.78. The molecule has 8 heteroatoms. The van der Waals surface area contributed by atoms with E-state index in [4.69, 9.17) is 9.84 Å². The normalized spacial score (nSPS) is 17.6. The third kappa shape index (κ3) is 6.79. The van der Waals surface area contributed by atoms with Gasteiger partial charge in [-0.25, -0.2) is 0 Å². The highest BCUT2D eigenvalue weighted by Crippen LogP contribution is 2.16. The number of esters is 1. The first-order chi connectivity index (χ1) is 10.2. The van der Waals surface area contributed by atoms with Crippen LogP contribution in [0.3, 0.4) is 0 Å². The minimum Gasteiger partial charge on any atom is -0.481 e. The SMILES string of the molecule is C=CC(CCCC(=O)O)C(=O)O[C@H]([C@@H](O)[C@@H](O)C=O)[C@H](C)O. The number of hydrogen-bond donors (Lipinski definition) is 4. The van der Waals surface area contributed by atoms with Gasteiger partial charge < -0.3 is 30.0 Å². The average molecular weight is 318 g/mol. The summed E-state index contributed by atoms with van der Waals surface area (Å²) in [4.78, 5) is 32.8. The Labute approximate surface area is 128 Å². The Balaban J connectivity index is 4.74. The second-order valence-electron chi connectivity index (χ2n) is 4.89. The van der Waals surface area contributed by atoms with E-state index >= 15 is 0 Å². The molecule has 4 N–H and O–H groups in total. The van der Waals surface area contributed by atoms with Crippen LogP contribution in [0.4, 0.5) is 0 Å². The molecule has 0 heterocycles. The second-order valence-corrected chi connectivity index (χ2v) is 4.89. The number of carboxylic acid groups (broad SMARTS) is 1. The first-order valence-corrected chi connectivity index (χ1v) is 6.78. The maximum absolute atomic E-state index is 11.9. The van der Waals surface area contributed by atoms with Gasteiger partial charge in [-0.2, -0.15) is 0 Å². The van der Waals surface area contributed by atoms with Crippen molar-refractivity contribution >= 4 is 18.2 Å². The predicted molar refractivity (Wildman–Crippen MR) is 74.8 cm³/mol. The maximum atomic E-state index is 11.9. The molecule has 22 heavy (non-hydrogen) atoms. The molecule has 0 saturated carbocycles. The van der Waals surface area contributed by atoms with Crippen molar-refractivity contribution in [3.63, 3.8) is 0 Å². The number of aliphatic hydroxyl groups is 3. The van der Waals surface area contributed by atoms with Crippen LogP contribution in [0.5, 0.6) is 0 Å². The molecule has 5 atom stereocenters. The van der Waals surface area contributed by atoms with Crippen LogP contribution in [0.15, 0.2) is 12.7 Å². The zero-order valence-corrected chi connectivity index (χ0v) is 12.3. The smallest absolute Gasteiger partial charge is 0.313 e. The van der Waals surface area contributed by atoms with Crippen molar-refractivity contribution in [1.29, 1.82) is 0 Å². The Morgan fingerprint density at radius 2 is 1.86 bits per heavy atom. The topological polar surface area (TPSA) is 141 Å². The van der Waals surface area contributed by atoms with Crippen LogP contribution in [-0.4, -0.2) is 63.1 Å². The largest absolute Gasteiger partial charge is 0.481 e. The molecule has 0 aliphatic rings. The molecule has 0 saturated heterocycles. The van der Waals surface area contributed by atoms with E-state index < -0.39 is 42.3 Å². The van der Waals surface area contributed by atoms with Gasteiger partial charge in [0.15, 0.2) is 12.4 Å². The third-order valence-electron chi connectivity index (χ3n) is 3.05. The molecule has 0 rings (SSSR count). The van der Waals surface area contributed by atoms with Gasteiger partial charge in [0.25, 0.3) is 0 Å². The molecule has 0 bridgehead atoms. The summed E-state index contributed by atoms with van der Waals surface area (Å²) >= 11 is 0. The molecule has 126 valence electrons. The zero-order chi connectivity index (χ0) is 17.3. The highest BCUT2D eigenvalue weighted by Gasteiger charge is 2.34. The Hall–Kier alpha value is -1.77. The predicted octanol–water partition coefficient (Wildman–Crippen LogP) is -0.743. The molecule has 0 spiro atoms. The van der Waals surface area contributed by atoms with Gasteiger partial charge in [-0.05, 0) is 19.8 Å². The van der Waals surface area contributed by atoms with Crippen LogP contribution in [0.2, 0.25) is 0 Å². The minimum atomic E-state index is -1.80. The second kappa shape index (κ2) is 10.0. The summed E-state index contributed by atoms with van der Waals surface area (Å²) in [6.45, 7) is 4.68. The standard InChI is InChI=1S/C14H22O8/c1-3-9(5-4-6-11(18)19)14(21)22-13(8(2)16)12(20)10(17)7-15/h3,7-10,12-13,16-17,20H,1,4-6H2,2H3,(H,18,19)/t8-,9?,10-,12-,13-/m0/s1. The summed E-state index contributed by atoms with van der Waals surface area (Å²) in [5.41, 5.74) is 0. The van der Waals surface area contributed by atoms with Gasteiger partial charge >= 0.3 is 11.9 Å². The van der Waals surface area contributed by atoms with E-state index in [2.05, 4.69) is 6.58 Å². The highest BCUT2D eigenvalue weighted by atomic mass is 16.6. The van der Waals surface area contributed by atoms with E-state index in [1.54, 1.807) is 0 Å². The van der Waals surface area contributed by atoms with Crippen molar-refractivity contribution in [2.75, 3.05) is 0 Å². The first kappa shape index (κ1) is 20.2. The minimum absolute atomic E-state index is 0.0612. The Bertz CT molecular complexity index is 392. The molecular formula is C14H22O8. The van der Waals surface area contributed by atoms with Crippen molar-refractivity contribution in [3.8, 4) is 0 Å². The number of rotatable bonds is 11. The summed E-state index contributed by atoms with van der Waals surface area (Å²) in [6, 6.07) is 0. The number of carboxylic acids is 1. The molecule has 0 radical (unpaired) electrons. The molecule has 0 fully saturated rings. The summed E-state index contributed by atoms with van der Waals surface area (Å²) < 4.78 is 4.93. The van der Waals surface area contributed by atoms with Crippen LogP contribution in [0.25, 0.3) is 0 Å². The van der Waals surface area contributed by atoms with Crippen LogP contribution >= 0.6 is 0 Å². The van der Waals surface area contributed by atoms with Gasteiger partial charge in [0, 0.05) is 6.42 Å². The molecule has 0 amide bonds. The Morgan fingerprint density at radius 3 is 2.27 bits per heavy atom. The van der Waals surface area contributed by atoms with Crippen molar-refractivity contribution in [2.45, 2.75) is 50.6 Å². The van der Waals surface area contributed by atoms with Gasteiger partial charge in [-0.1, -0.05) is 6.08 Å². The molecule has 0 aromatic heterocycles. The number of hydrogen-bond acceptors (Lipinski definition) is 7. The number of carbonyl (C=O) groups excluding carboxylic acids is 2. The lowest BCUT2D eigenvalue weighted by Crippen LogP contribution is -2.47. The Kier molecular flexibility index (Phi) is 9.23. The van der Waals surface area contributed by atoms with Crippen LogP contribution < -0.4 is 0 Å². The monoisotopic (exact) mass is 318 g/mol. The fourth-order valence-electron chi connectivity index (χ4n) is 1.76. The zero-order valence-electron chi connectivity index (χ0n) is 12.3. The van der Waals surface area contributed by atoms with E-state index in [0.717, 1.165) is 0 Å². The molecule has 1 unspecified atom stereocenters. The van der Waals surface area contributed by atoms with Crippen molar-refractivity contribution in [3.05, 3.63) is 12.7 Å². The van der Waals surface area contributed by atoms with Crippen molar-refractivity contribution in [2.24, 2.45) is 5.92 Å². The number of aliphatic carboxylic acids is 1. The quantitative estimate of drug-likeness (QED) is 0.222. The van der Waals surface area contributed by atoms with E-state index in [-0.39, 0.29) is 25.5 Å². The van der Waals surface area contributed by atoms with Crippen LogP contribution in [0, 0.1) is 5.92 Å². The first-order valence-electron chi connectivity index (χ1n) is 6.78. The fourth-order valence-corrected chi connectivity index (χ4v) is 1.76. The van der Waals surface area contributed by atoms with Gasteiger partial charge in [0.2, 0.25) is 0 Å². The average Bonchev–Trinajstić information content (AvgIpc) is 2.46. The number of aliphatic hydroxyl groups excluding tert-OH is 3. The van der Waals surface area contributed by atoms with Gasteiger partial charge in [-0.15, -0.1) is 6.58 Å². The van der Waals surface area contributed by atoms with E-state index in [9.17, 15) is 29.7 Å². The lowest BCUT2D eigenvalue weighted by atomic mass is 10.0. The third-order valence-corrected chi connectivity index (χ3v) is 3.05. The van der Waals surface area contributed by atoms with Crippen molar-refractivity contribution < 1.29 is 39.5 Å². The number of carbonyl (C=O) groups is 3. The van der Waals surface area contributed by atoms with Gasteiger partial charge in [-0.3, -0.25) is 9.59 Å². The molecule has 0 aromatic carbocycles. The fraction of sp³-hybridized carbons (Fsp3) is 0.643. The van der Waals surface area contributed by atoms with Gasteiger partial charge in [0.05, 0.1) is 12.0 Å². The summed E-state index contributed by atoms with van der Waals surface area (Å²) in [5, 5.41) is 37.0. The van der Waals surface area contributed by atoms with E-state index in [0.29, 0.717) is 0 Å². The lowest BCUT2D eigenvalue weighted by Gasteiger charge is -2.27. The summed E-state index contributed by atoms with van der Waals surface area (Å²) in [5.74, 6) is -2.65. The van der Waals surface area contributed by atoms with E-state index in [1.807, 2.05) is 0 Å². The lowest BCUT2D eigenvalue weighted by molar-refractivity contribution is -0.174. The molecule has 0 aromatic rings. The van der Waals surface area contributed by atoms with E-state index in [1.165, 1.54) is 13.0 Å². The molecule has 0 aliphatic heterocycles. The van der Waals surface area contributed by atoms with Crippen LogP contribution in [0.1, 0.15) is 26.2 Å². The highest BCUT2D eigenvalue weighted by molar-refractivity contribution is 5.75. The Morgan fingerprint density at radius 1 is 1.27 bits per heavy atom. The van der Waals surface area contributed by atoms with Crippen LogP contribution in [-0.2, 0) is 19.1 Å². The number of aldehydes is 1.